The lowest BCUT2D eigenvalue weighted by Gasteiger charge is -2.16. The molecule has 0 aliphatic heterocycles. The number of para-hydroxylation sites is 1. The fourth-order valence-corrected chi connectivity index (χ4v) is 2.20. The first-order valence-electron chi connectivity index (χ1n) is 7.02. The molecule has 4 heteroatoms. The summed E-state index contributed by atoms with van der Waals surface area (Å²) in [5.74, 6) is 0.400. The van der Waals surface area contributed by atoms with E-state index in [1.54, 1.807) is 24.3 Å². The van der Waals surface area contributed by atoms with Gasteiger partial charge in [-0.25, -0.2) is 4.79 Å². The largest absolute Gasteiger partial charge is 0.323 e. The molecule has 0 radical (unpaired) electrons. The quantitative estimate of drug-likeness (QED) is 0.769. The fraction of sp³-hybridized carbons (Fsp3) is 0.235. The first-order valence-corrected chi connectivity index (χ1v) is 7.40. The summed E-state index contributed by atoms with van der Waals surface area (Å²) in [4.78, 5) is 12.1. The van der Waals surface area contributed by atoms with Crippen LogP contribution in [0.2, 0.25) is 5.02 Å². The second-order valence-corrected chi connectivity index (χ2v) is 5.42. The minimum atomic E-state index is -0.256. The van der Waals surface area contributed by atoms with Crippen molar-refractivity contribution in [2.75, 3.05) is 10.6 Å². The van der Waals surface area contributed by atoms with Crippen LogP contribution in [0.3, 0.4) is 0 Å². The molecule has 3 nitrogen and oxygen atoms in total. The SMILES string of the molecule is CC[C@@H](C)c1ccccc1NC(=O)Nc1ccc(Cl)cc1. The average Bonchev–Trinajstić information content (AvgIpc) is 2.49. The molecule has 0 saturated heterocycles. The molecule has 0 spiro atoms. The third-order valence-electron chi connectivity index (χ3n) is 3.45. The predicted octanol–water partition coefficient (Wildman–Crippen LogP) is 5.50. The maximum Gasteiger partial charge on any atom is 0.323 e. The van der Waals surface area contributed by atoms with E-state index < -0.39 is 0 Å². The summed E-state index contributed by atoms with van der Waals surface area (Å²) in [7, 11) is 0. The number of amides is 2. The molecule has 21 heavy (non-hydrogen) atoms. The van der Waals surface area contributed by atoms with Crippen molar-refractivity contribution >= 4 is 29.0 Å². The van der Waals surface area contributed by atoms with Gasteiger partial charge in [-0.15, -0.1) is 0 Å². The van der Waals surface area contributed by atoms with Gasteiger partial charge in [0, 0.05) is 16.4 Å². The lowest BCUT2D eigenvalue weighted by molar-refractivity contribution is 0.262. The Labute approximate surface area is 130 Å². The Morgan fingerprint density at radius 3 is 2.43 bits per heavy atom. The summed E-state index contributed by atoms with van der Waals surface area (Å²) in [5, 5.41) is 6.34. The van der Waals surface area contributed by atoms with E-state index >= 15 is 0 Å². The zero-order valence-electron chi connectivity index (χ0n) is 12.2. The van der Waals surface area contributed by atoms with Gasteiger partial charge in [-0.3, -0.25) is 0 Å². The van der Waals surface area contributed by atoms with E-state index in [2.05, 4.69) is 24.5 Å². The van der Waals surface area contributed by atoms with Crippen molar-refractivity contribution in [1.82, 2.24) is 0 Å². The number of urea groups is 1. The Morgan fingerprint density at radius 1 is 1.10 bits per heavy atom. The van der Waals surface area contributed by atoms with Crippen molar-refractivity contribution < 1.29 is 4.79 Å². The highest BCUT2D eigenvalue weighted by atomic mass is 35.5. The van der Waals surface area contributed by atoms with Gasteiger partial charge >= 0.3 is 6.03 Å². The summed E-state index contributed by atoms with van der Waals surface area (Å²) in [6.45, 7) is 4.28. The molecule has 0 aromatic heterocycles. The molecule has 1 atom stereocenters. The van der Waals surface area contributed by atoms with Gasteiger partial charge in [-0.1, -0.05) is 43.6 Å². The Morgan fingerprint density at radius 2 is 1.76 bits per heavy atom. The number of hydrogen-bond donors (Lipinski definition) is 2. The molecular formula is C17H19ClN2O. The number of hydrogen-bond acceptors (Lipinski definition) is 1. The van der Waals surface area contributed by atoms with E-state index in [4.69, 9.17) is 11.6 Å². The summed E-state index contributed by atoms with van der Waals surface area (Å²) >= 11 is 5.82. The number of halogens is 1. The number of carbonyl (C=O) groups is 1. The highest BCUT2D eigenvalue weighted by molar-refractivity contribution is 6.30. The Balaban J connectivity index is 2.07. The molecule has 0 fully saturated rings. The number of anilines is 2. The summed E-state index contributed by atoms with van der Waals surface area (Å²) in [6.07, 6.45) is 1.03. The van der Waals surface area contributed by atoms with Gasteiger partial charge in [0.05, 0.1) is 0 Å². The summed E-state index contributed by atoms with van der Waals surface area (Å²) < 4.78 is 0. The van der Waals surface area contributed by atoms with E-state index in [1.165, 1.54) is 0 Å². The number of nitrogens with one attached hydrogen (secondary N) is 2. The van der Waals surface area contributed by atoms with E-state index in [0.29, 0.717) is 16.6 Å². The lowest BCUT2D eigenvalue weighted by Crippen LogP contribution is -2.20. The number of carbonyl (C=O) groups excluding carboxylic acids is 1. The second-order valence-electron chi connectivity index (χ2n) is 4.98. The summed E-state index contributed by atoms with van der Waals surface area (Å²) in [5.41, 5.74) is 2.70. The standard InChI is InChI=1S/C17H19ClN2O/c1-3-12(2)15-6-4-5-7-16(15)20-17(21)19-14-10-8-13(18)9-11-14/h4-12H,3H2,1-2H3,(H2,19,20,21)/t12-/m1/s1. The van der Waals surface area contributed by atoms with Crippen LogP contribution < -0.4 is 10.6 Å². The van der Waals surface area contributed by atoms with Crippen molar-refractivity contribution in [3.8, 4) is 0 Å². The zero-order chi connectivity index (χ0) is 15.2. The molecule has 110 valence electrons. The average molecular weight is 303 g/mol. The molecular weight excluding hydrogens is 284 g/mol. The third kappa shape index (κ3) is 4.23. The molecule has 2 N–H and O–H groups in total. The molecule has 0 unspecified atom stereocenters. The van der Waals surface area contributed by atoms with Gasteiger partial charge in [0.25, 0.3) is 0 Å². The van der Waals surface area contributed by atoms with Crippen molar-refractivity contribution in [1.29, 1.82) is 0 Å². The van der Waals surface area contributed by atoms with Crippen LogP contribution in [0.5, 0.6) is 0 Å². The fourth-order valence-electron chi connectivity index (χ4n) is 2.08. The minimum absolute atomic E-state index is 0.256. The number of benzene rings is 2. The van der Waals surface area contributed by atoms with Crippen LogP contribution in [0.1, 0.15) is 31.7 Å². The molecule has 2 aromatic rings. The minimum Gasteiger partial charge on any atom is -0.308 e. The van der Waals surface area contributed by atoms with Crippen LogP contribution in [0.4, 0.5) is 16.2 Å². The molecule has 2 aromatic carbocycles. The van der Waals surface area contributed by atoms with E-state index in [-0.39, 0.29) is 6.03 Å². The normalized spacial score (nSPS) is 11.8. The van der Waals surface area contributed by atoms with Gasteiger partial charge in [-0.05, 0) is 48.2 Å². The van der Waals surface area contributed by atoms with Crippen LogP contribution in [-0.4, -0.2) is 6.03 Å². The first-order chi connectivity index (χ1) is 10.1. The van der Waals surface area contributed by atoms with Crippen molar-refractivity contribution in [3.63, 3.8) is 0 Å². The maximum absolute atomic E-state index is 12.1. The molecule has 2 amide bonds. The number of rotatable bonds is 4. The lowest BCUT2D eigenvalue weighted by atomic mass is 9.97. The monoisotopic (exact) mass is 302 g/mol. The van der Waals surface area contributed by atoms with Crippen LogP contribution in [-0.2, 0) is 0 Å². The van der Waals surface area contributed by atoms with Crippen molar-refractivity contribution in [2.45, 2.75) is 26.2 Å². The highest BCUT2D eigenvalue weighted by Gasteiger charge is 2.10. The maximum atomic E-state index is 12.1. The first kappa shape index (κ1) is 15.4. The molecule has 0 aliphatic carbocycles. The van der Waals surface area contributed by atoms with Crippen LogP contribution in [0.25, 0.3) is 0 Å². The zero-order valence-corrected chi connectivity index (χ0v) is 12.9. The van der Waals surface area contributed by atoms with Crippen molar-refractivity contribution in [3.05, 3.63) is 59.1 Å². The van der Waals surface area contributed by atoms with Gasteiger partial charge in [0.2, 0.25) is 0 Å². The molecule has 0 aliphatic rings. The molecule has 0 heterocycles. The van der Waals surface area contributed by atoms with Gasteiger partial charge in [0.15, 0.2) is 0 Å². The van der Waals surface area contributed by atoms with E-state index in [9.17, 15) is 4.79 Å². The Kier molecular flexibility index (Phi) is 5.23. The van der Waals surface area contributed by atoms with Gasteiger partial charge < -0.3 is 10.6 Å². The highest BCUT2D eigenvalue weighted by Crippen LogP contribution is 2.26. The van der Waals surface area contributed by atoms with Gasteiger partial charge in [0.1, 0.15) is 0 Å². The van der Waals surface area contributed by atoms with Crippen molar-refractivity contribution in [2.24, 2.45) is 0 Å². The van der Waals surface area contributed by atoms with E-state index in [1.807, 2.05) is 24.3 Å². The molecule has 0 saturated carbocycles. The van der Waals surface area contributed by atoms with Crippen LogP contribution >= 0.6 is 11.6 Å². The van der Waals surface area contributed by atoms with Crippen LogP contribution in [0.15, 0.2) is 48.5 Å². The predicted molar refractivity (Wildman–Crippen MR) is 89.2 cm³/mol. The second kappa shape index (κ2) is 7.14. The van der Waals surface area contributed by atoms with Crippen LogP contribution in [0, 0.1) is 0 Å². The smallest absolute Gasteiger partial charge is 0.308 e. The Hall–Kier alpha value is -2.00. The topological polar surface area (TPSA) is 41.1 Å². The molecule has 0 bridgehead atoms. The molecule has 2 rings (SSSR count). The summed E-state index contributed by atoms with van der Waals surface area (Å²) in [6, 6.07) is 14.6. The van der Waals surface area contributed by atoms with Gasteiger partial charge in [-0.2, -0.15) is 0 Å². The third-order valence-corrected chi connectivity index (χ3v) is 3.71. The Bertz CT molecular complexity index is 610. The van der Waals surface area contributed by atoms with E-state index in [0.717, 1.165) is 17.7 Å².